The Balaban J connectivity index is 2.24. The van der Waals surface area contributed by atoms with Crippen LogP contribution in [-0.4, -0.2) is 22.6 Å². The number of carbonyl (C=O) groups excluding carboxylic acids is 3. The van der Waals surface area contributed by atoms with Gasteiger partial charge in [-0.2, -0.15) is 0 Å². The second-order valence-corrected chi connectivity index (χ2v) is 4.75. The van der Waals surface area contributed by atoms with Gasteiger partial charge in [-0.05, 0) is 12.1 Å². The van der Waals surface area contributed by atoms with Gasteiger partial charge in [0.15, 0.2) is 5.12 Å². The molecule has 0 unspecified atom stereocenters. The Kier molecular flexibility index (Phi) is 3.49. The van der Waals surface area contributed by atoms with Crippen LogP contribution >= 0.6 is 11.8 Å². The monoisotopic (exact) mass is 259 g/mol. The molecule has 0 spiro atoms. The van der Waals surface area contributed by atoms with Crippen molar-refractivity contribution >= 4 is 34.3 Å². The molecule has 0 atom stereocenters. The van der Waals surface area contributed by atoms with E-state index >= 15 is 0 Å². The van der Waals surface area contributed by atoms with Crippen LogP contribution in [0.25, 0.3) is 0 Å². The Morgan fingerprint density at radius 3 is 2.89 bits per heavy atom. The summed E-state index contributed by atoms with van der Waals surface area (Å²) in [4.78, 5) is 33.4. The van der Waals surface area contributed by atoms with E-state index in [0.29, 0.717) is 22.6 Å². The second kappa shape index (κ2) is 5.07. The molecule has 1 N–H and O–H groups in total. The molecule has 4 nitrogen and oxygen atoms in total. The number of para-hydroxylation sites is 1. The molecule has 0 bridgehead atoms. The average molecular weight is 259 g/mol. The highest BCUT2D eigenvalue weighted by atomic mass is 32.2. The third-order valence-electron chi connectivity index (χ3n) is 2.32. The Hall–Kier alpha value is -2.06. The van der Waals surface area contributed by atoms with Gasteiger partial charge >= 0.3 is 0 Å². The molecule has 0 saturated carbocycles. The number of carbonyl (C=O) groups is 3. The highest BCUT2D eigenvalue weighted by molar-refractivity contribution is 8.13. The fraction of sp³-hybridized carbons (Fsp3) is 0.154. The summed E-state index contributed by atoms with van der Waals surface area (Å²) < 4.78 is 0. The number of thioether (sulfide) groups is 1. The van der Waals surface area contributed by atoms with Crippen LogP contribution in [0, 0.1) is 11.8 Å². The molecule has 2 rings (SSSR count). The zero-order valence-corrected chi connectivity index (χ0v) is 10.4. The molecule has 1 aliphatic heterocycles. The van der Waals surface area contributed by atoms with Gasteiger partial charge in [0, 0.05) is 12.5 Å². The van der Waals surface area contributed by atoms with E-state index in [1.807, 2.05) is 0 Å². The molecular weight excluding hydrogens is 250 g/mol. The number of ketones is 1. The summed E-state index contributed by atoms with van der Waals surface area (Å²) in [5.41, 5.74) is 1.41. The van der Waals surface area contributed by atoms with Crippen LogP contribution in [0.5, 0.6) is 0 Å². The number of nitrogens with one attached hydrogen (secondary N) is 1. The standard InChI is InChI=1S/C13H9NO3S/c1-8(15)18-7-3-5-9-4-2-6-10-11(9)14-13(17)12(10)16/h2,4,6H,7H2,1H3,(H,14,16,17). The maximum Gasteiger partial charge on any atom is 0.296 e. The summed E-state index contributed by atoms with van der Waals surface area (Å²) in [5.74, 6) is 4.90. The zero-order valence-electron chi connectivity index (χ0n) is 9.57. The van der Waals surface area contributed by atoms with Crippen LogP contribution in [-0.2, 0) is 9.59 Å². The SMILES string of the molecule is CC(=O)SCC#Cc1cccc2c1NC(=O)C2=O. The topological polar surface area (TPSA) is 63.2 Å². The van der Waals surface area contributed by atoms with Crippen molar-refractivity contribution in [2.24, 2.45) is 0 Å². The van der Waals surface area contributed by atoms with Crippen LogP contribution in [0.4, 0.5) is 5.69 Å². The molecule has 0 saturated heterocycles. The molecule has 1 heterocycles. The van der Waals surface area contributed by atoms with Gasteiger partial charge in [-0.25, -0.2) is 0 Å². The Bertz CT molecular complexity index is 610. The van der Waals surface area contributed by atoms with E-state index in [0.717, 1.165) is 11.8 Å². The minimum absolute atomic E-state index is 0.00562. The molecule has 5 heteroatoms. The molecule has 0 fully saturated rings. The summed E-state index contributed by atoms with van der Waals surface area (Å²) in [6.45, 7) is 1.48. The predicted molar refractivity (Wildman–Crippen MR) is 69.4 cm³/mol. The predicted octanol–water partition coefficient (Wildman–Crippen LogP) is 1.45. The Morgan fingerprint density at radius 1 is 1.39 bits per heavy atom. The number of rotatable bonds is 1. The van der Waals surface area contributed by atoms with Gasteiger partial charge in [-0.1, -0.05) is 29.7 Å². The second-order valence-electron chi connectivity index (χ2n) is 3.59. The average Bonchev–Trinajstić information content (AvgIpc) is 2.62. The Morgan fingerprint density at radius 2 is 2.17 bits per heavy atom. The van der Waals surface area contributed by atoms with Crippen LogP contribution in [0.3, 0.4) is 0 Å². The molecule has 1 amide bonds. The maximum absolute atomic E-state index is 11.5. The number of fused-ring (bicyclic) bond motifs is 1. The van der Waals surface area contributed by atoms with E-state index in [9.17, 15) is 14.4 Å². The van der Waals surface area contributed by atoms with Crippen molar-refractivity contribution in [2.45, 2.75) is 6.92 Å². The van der Waals surface area contributed by atoms with Crippen LogP contribution in [0.2, 0.25) is 0 Å². The zero-order chi connectivity index (χ0) is 13.1. The summed E-state index contributed by atoms with van der Waals surface area (Å²) in [6.07, 6.45) is 0. The first-order valence-electron chi connectivity index (χ1n) is 5.20. The minimum atomic E-state index is -0.627. The molecule has 0 radical (unpaired) electrons. The lowest BCUT2D eigenvalue weighted by molar-refractivity contribution is -0.112. The number of benzene rings is 1. The summed E-state index contributed by atoms with van der Waals surface area (Å²) >= 11 is 1.12. The van der Waals surface area contributed by atoms with E-state index in [1.54, 1.807) is 18.2 Å². The van der Waals surface area contributed by atoms with Crippen molar-refractivity contribution in [3.63, 3.8) is 0 Å². The van der Waals surface area contributed by atoms with Crippen molar-refractivity contribution in [1.82, 2.24) is 0 Å². The van der Waals surface area contributed by atoms with Crippen molar-refractivity contribution < 1.29 is 14.4 Å². The van der Waals surface area contributed by atoms with Crippen molar-refractivity contribution in [3.05, 3.63) is 29.3 Å². The number of anilines is 1. The first kappa shape index (κ1) is 12.4. The molecule has 90 valence electrons. The fourth-order valence-electron chi connectivity index (χ4n) is 1.54. The van der Waals surface area contributed by atoms with E-state index in [4.69, 9.17) is 0 Å². The minimum Gasteiger partial charge on any atom is -0.317 e. The normalized spacial score (nSPS) is 12.5. The van der Waals surface area contributed by atoms with Gasteiger partial charge < -0.3 is 5.32 Å². The van der Waals surface area contributed by atoms with Crippen molar-refractivity contribution in [2.75, 3.05) is 11.1 Å². The van der Waals surface area contributed by atoms with E-state index in [1.165, 1.54) is 6.92 Å². The fourth-order valence-corrected chi connectivity index (χ4v) is 1.89. The molecule has 1 aromatic rings. The van der Waals surface area contributed by atoms with Gasteiger partial charge in [0.2, 0.25) is 0 Å². The van der Waals surface area contributed by atoms with E-state index in [-0.39, 0.29) is 5.12 Å². The highest BCUT2D eigenvalue weighted by Crippen LogP contribution is 2.26. The number of Topliss-reactive ketones (excluding diaryl/α,β-unsaturated/α-hetero) is 1. The van der Waals surface area contributed by atoms with Gasteiger partial charge in [-0.3, -0.25) is 14.4 Å². The van der Waals surface area contributed by atoms with Crippen molar-refractivity contribution in [3.8, 4) is 11.8 Å². The van der Waals surface area contributed by atoms with Gasteiger partial charge in [0.25, 0.3) is 11.7 Å². The molecular formula is C13H9NO3S. The maximum atomic E-state index is 11.5. The number of amides is 1. The lowest BCUT2D eigenvalue weighted by Gasteiger charge is -1.99. The Labute approximate surface area is 108 Å². The molecule has 18 heavy (non-hydrogen) atoms. The van der Waals surface area contributed by atoms with E-state index in [2.05, 4.69) is 17.2 Å². The van der Waals surface area contributed by atoms with Gasteiger partial charge in [0.1, 0.15) is 0 Å². The highest BCUT2D eigenvalue weighted by Gasteiger charge is 2.29. The van der Waals surface area contributed by atoms with Crippen LogP contribution in [0.1, 0.15) is 22.8 Å². The molecule has 0 aliphatic carbocycles. The number of hydrogen-bond donors (Lipinski definition) is 1. The first-order chi connectivity index (χ1) is 8.59. The molecule has 1 aromatic carbocycles. The molecule has 0 aromatic heterocycles. The van der Waals surface area contributed by atoms with E-state index < -0.39 is 11.7 Å². The summed E-state index contributed by atoms with van der Waals surface area (Å²) in [6, 6.07) is 4.99. The van der Waals surface area contributed by atoms with Crippen LogP contribution < -0.4 is 5.32 Å². The third-order valence-corrected chi connectivity index (χ3v) is 3.02. The first-order valence-corrected chi connectivity index (χ1v) is 6.19. The lowest BCUT2D eigenvalue weighted by atomic mass is 10.1. The van der Waals surface area contributed by atoms with Gasteiger partial charge in [-0.15, -0.1) is 0 Å². The van der Waals surface area contributed by atoms with Crippen molar-refractivity contribution in [1.29, 1.82) is 0 Å². The largest absolute Gasteiger partial charge is 0.317 e. The summed E-state index contributed by atoms with van der Waals surface area (Å²) in [5, 5.41) is 2.51. The van der Waals surface area contributed by atoms with Gasteiger partial charge in [0.05, 0.1) is 17.0 Å². The quantitative estimate of drug-likeness (QED) is 0.612. The lowest BCUT2D eigenvalue weighted by Crippen LogP contribution is -2.12. The third kappa shape index (κ3) is 2.44. The summed E-state index contributed by atoms with van der Waals surface area (Å²) in [7, 11) is 0. The molecule has 1 aliphatic rings. The van der Waals surface area contributed by atoms with Crippen LogP contribution in [0.15, 0.2) is 18.2 Å². The smallest absolute Gasteiger partial charge is 0.296 e. The number of hydrogen-bond acceptors (Lipinski definition) is 4.